The highest BCUT2D eigenvalue weighted by atomic mass is 32.2. The van der Waals surface area contributed by atoms with Crippen molar-refractivity contribution in [2.75, 3.05) is 31.1 Å². The summed E-state index contributed by atoms with van der Waals surface area (Å²) in [5.74, 6) is 1.36. The Balaban J connectivity index is 1.44. The zero-order valence-electron chi connectivity index (χ0n) is 16.0. The van der Waals surface area contributed by atoms with E-state index in [1.165, 1.54) is 30.4 Å². The molecule has 9 heteroatoms. The number of halogens is 3. The predicted octanol–water partition coefficient (Wildman–Crippen LogP) is 3.25. The molecule has 2 heterocycles. The van der Waals surface area contributed by atoms with Crippen LogP contribution in [0, 0.1) is 5.92 Å². The van der Waals surface area contributed by atoms with Crippen LogP contribution in [-0.4, -0.2) is 60.1 Å². The van der Waals surface area contributed by atoms with Crippen LogP contribution in [-0.2, 0) is 11.0 Å². The zero-order valence-corrected chi connectivity index (χ0v) is 16.8. The van der Waals surface area contributed by atoms with E-state index in [-0.39, 0.29) is 18.0 Å². The second-order valence-corrected chi connectivity index (χ2v) is 8.55. The summed E-state index contributed by atoms with van der Waals surface area (Å²) >= 11 is 1.99. The van der Waals surface area contributed by atoms with Crippen molar-refractivity contribution in [2.24, 2.45) is 10.9 Å². The molecule has 1 aromatic rings. The molecule has 2 aliphatic rings. The lowest BCUT2D eigenvalue weighted by atomic mass is 10.1. The molecule has 158 valence electrons. The maximum atomic E-state index is 12.7. The van der Waals surface area contributed by atoms with Gasteiger partial charge in [0.25, 0.3) is 11.8 Å². The van der Waals surface area contributed by atoms with Crippen LogP contribution < -0.4 is 5.32 Å². The molecule has 5 nitrogen and oxygen atoms in total. The summed E-state index contributed by atoms with van der Waals surface area (Å²) < 4.78 is 38.2. The second-order valence-electron chi connectivity index (χ2n) is 7.32. The van der Waals surface area contributed by atoms with Crippen molar-refractivity contribution in [2.45, 2.75) is 31.5 Å². The third-order valence-electron chi connectivity index (χ3n) is 5.24. The van der Waals surface area contributed by atoms with Gasteiger partial charge in [-0.2, -0.15) is 24.9 Å². The third kappa shape index (κ3) is 6.30. The number of alkyl halides is 3. The van der Waals surface area contributed by atoms with E-state index in [1.807, 2.05) is 11.8 Å². The number of hydrogen-bond acceptors (Lipinski definition) is 4. The van der Waals surface area contributed by atoms with Crippen LogP contribution in [0.3, 0.4) is 0 Å². The Labute approximate surface area is 172 Å². The number of aliphatic imine (C=N–C) groups is 1. The molecule has 29 heavy (non-hydrogen) atoms. The lowest BCUT2D eigenvalue weighted by Gasteiger charge is -2.30. The molecule has 0 radical (unpaired) electrons. The summed E-state index contributed by atoms with van der Waals surface area (Å²) in [5, 5.41) is 2.33. The molecule has 0 aliphatic carbocycles. The molecule has 0 bridgehead atoms. The molecule has 1 aromatic carbocycles. The van der Waals surface area contributed by atoms with Gasteiger partial charge in [0.05, 0.1) is 12.1 Å². The van der Waals surface area contributed by atoms with Crippen molar-refractivity contribution in [3.63, 3.8) is 0 Å². The van der Waals surface area contributed by atoms with Gasteiger partial charge in [0.1, 0.15) is 0 Å². The largest absolute Gasteiger partial charge is 0.416 e. The molecule has 2 saturated heterocycles. The summed E-state index contributed by atoms with van der Waals surface area (Å²) in [6.07, 6.45) is 0.486. The van der Waals surface area contributed by atoms with Crippen LogP contribution in [0.25, 0.3) is 0 Å². The molecule has 2 aliphatic heterocycles. The Morgan fingerprint density at radius 2 is 2.00 bits per heavy atom. The maximum Gasteiger partial charge on any atom is 0.416 e. The first-order valence-electron chi connectivity index (χ1n) is 9.67. The van der Waals surface area contributed by atoms with E-state index in [0.29, 0.717) is 6.04 Å². The molecule has 1 N–H and O–H groups in total. The molecule has 3 rings (SSSR count). The van der Waals surface area contributed by atoms with Gasteiger partial charge in [-0.05, 0) is 55.5 Å². The van der Waals surface area contributed by atoms with Crippen molar-refractivity contribution < 1.29 is 22.8 Å². The highest BCUT2D eigenvalue weighted by Crippen LogP contribution is 2.29. The van der Waals surface area contributed by atoms with E-state index in [2.05, 4.69) is 15.2 Å². The van der Waals surface area contributed by atoms with Gasteiger partial charge in [0.15, 0.2) is 0 Å². The van der Waals surface area contributed by atoms with Crippen molar-refractivity contribution in [3.05, 3.63) is 35.4 Å². The second kappa shape index (κ2) is 9.75. The fraction of sp³-hybridized carbons (Fsp3) is 0.550. The summed E-state index contributed by atoms with van der Waals surface area (Å²) in [5.41, 5.74) is -1.05. The van der Waals surface area contributed by atoms with Gasteiger partial charge in [0, 0.05) is 30.3 Å². The van der Waals surface area contributed by atoms with Crippen molar-refractivity contribution in [1.29, 1.82) is 0 Å². The van der Waals surface area contributed by atoms with E-state index in [1.54, 1.807) is 6.21 Å². The first kappa shape index (κ1) is 21.8. The predicted molar refractivity (Wildman–Crippen MR) is 107 cm³/mol. The number of likely N-dealkylation sites (tertiary alicyclic amines) is 1. The standard InChI is InChI=1S/C20H24F3N3O2S/c21-20(22,23)16-3-1-2-15(10-16)19(28)25-12-18(27)24-11-14-4-7-26(13-14)17-5-8-29-9-6-17/h1-3,10-11,14,17H,4-9,12-13H2,(H,25,28). The number of hydrogen-bond donors (Lipinski definition) is 1. The molecule has 0 spiro atoms. The van der Waals surface area contributed by atoms with Gasteiger partial charge < -0.3 is 5.32 Å². The van der Waals surface area contributed by atoms with Gasteiger partial charge in [-0.1, -0.05) is 6.07 Å². The van der Waals surface area contributed by atoms with E-state index >= 15 is 0 Å². The molecule has 0 aromatic heterocycles. The first-order chi connectivity index (χ1) is 13.8. The Morgan fingerprint density at radius 1 is 1.24 bits per heavy atom. The minimum absolute atomic E-state index is 0.145. The first-order valence-corrected chi connectivity index (χ1v) is 10.8. The van der Waals surface area contributed by atoms with Crippen LogP contribution in [0.5, 0.6) is 0 Å². The van der Waals surface area contributed by atoms with E-state index in [9.17, 15) is 22.8 Å². The fourth-order valence-electron chi connectivity index (χ4n) is 3.65. The number of rotatable bonds is 5. The van der Waals surface area contributed by atoms with Crippen molar-refractivity contribution in [3.8, 4) is 0 Å². The topological polar surface area (TPSA) is 61.8 Å². The monoisotopic (exact) mass is 427 g/mol. The fourth-order valence-corrected chi connectivity index (χ4v) is 4.73. The number of carbonyl (C=O) groups excluding carboxylic acids is 2. The number of thioether (sulfide) groups is 1. The smallest absolute Gasteiger partial charge is 0.343 e. The zero-order chi connectivity index (χ0) is 20.9. The molecule has 0 saturated carbocycles. The third-order valence-corrected chi connectivity index (χ3v) is 6.29. The Kier molecular flexibility index (Phi) is 7.34. The number of nitrogens with one attached hydrogen (secondary N) is 1. The van der Waals surface area contributed by atoms with Crippen molar-refractivity contribution >= 4 is 29.8 Å². The summed E-state index contributed by atoms with van der Waals surface area (Å²) in [6, 6.07) is 4.71. The van der Waals surface area contributed by atoms with Crippen LogP contribution in [0.4, 0.5) is 13.2 Å². The molecule has 1 atom stereocenters. The van der Waals surface area contributed by atoms with Crippen LogP contribution >= 0.6 is 11.8 Å². The maximum absolute atomic E-state index is 12.7. The normalized spacial score (nSPS) is 21.6. The van der Waals surface area contributed by atoms with Gasteiger partial charge in [-0.3, -0.25) is 14.5 Å². The lowest BCUT2D eigenvalue weighted by Crippen LogP contribution is -2.36. The number of benzene rings is 1. The minimum atomic E-state index is -4.53. The summed E-state index contributed by atoms with van der Waals surface area (Å²) in [7, 11) is 0. The number of carbonyl (C=O) groups is 2. The SMILES string of the molecule is O=C(CNC(=O)c1cccc(C(F)(F)F)c1)N=CC1CCN(C2CCSCC2)C1. The summed E-state index contributed by atoms with van der Waals surface area (Å²) in [6.45, 7) is 1.55. The Hall–Kier alpha value is -1.87. The van der Waals surface area contributed by atoms with Gasteiger partial charge in [0.2, 0.25) is 0 Å². The van der Waals surface area contributed by atoms with E-state index < -0.39 is 23.6 Å². The molecular weight excluding hydrogens is 403 g/mol. The van der Waals surface area contributed by atoms with Crippen LogP contribution in [0.15, 0.2) is 29.3 Å². The number of amides is 2. The molecule has 2 fully saturated rings. The van der Waals surface area contributed by atoms with Crippen LogP contribution in [0.2, 0.25) is 0 Å². The summed E-state index contributed by atoms with van der Waals surface area (Å²) in [4.78, 5) is 30.3. The molecule has 1 unspecified atom stereocenters. The van der Waals surface area contributed by atoms with Gasteiger partial charge >= 0.3 is 6.18 Å². The Morgan fingerprint density at radius 3 is 2.72 bits per heavy atom. The van der Waals surface area contributed by atoms with Crippen molar-refractivity contribution in [1.82, 2.24) is 10.2 Å². The average Bonchev–Trinajstić information content (AvgIpc) is 3.20. The lowest BCUT2D eigenvalue weighted by molar-refractivity contribution is -0.137. The average molecular weight is 427 g/mol. The Bertz CT molecular complexity index is 764. The highest BCUT2D eigenvalue weighted by molar-refractivity contribution is 7.99. The van der Waals surface area contributed by atoms with E-state index in [0.717, 1.165) is 37.7 Å². The quantitative estimate of drug-likeness (QED) is 0.733. The number of nitrogens with zero attached hydrogens (tertiary/aromatic N) is 2. The molecular formula is C20H24F3N3O2S. The molecule has 2 amide bonds. The van der Waals surface area contributed by atoms with E-state index in [4.69, 9.17) is 0 Å². The van der Waals surface area contributed by atoms with Gasteiger partial charge in [-0.15, -0.1) is 0 Å². The minimum Gasteiger partial charge on any atom is -0.343 e. The van der Waals surface area contributed by atoms with Crippen LogP contribution in [0.1, 0.15) is 35.2 Å². The van der Waals surface area contributed by atoms with Gasteiger partial charge in [-0.25, -0.2) is 4.99 Å². The highest BCUT2D eigenvalue weighted by Gasteiger charge is 2.31.